The second-order valence-electron chi connectivity index (χ2n) is 13.6. The normalized spacial score (nSPS) is 24.2. The summed E-state index contributed by atoms with van der Waals surface area (Å²) >= 11 is 1.72. The number of nitrogens with zero attached hydrogens (tertiary/aromatic N) is 3. The molecule has 1 spiro atoms. The molecule has 44 heavy (non-hydrogen) atoms. The first-order valence-corrected chi connectivity index (χ1v) is 16.9. The average Bonchev–Trinajstić information content (AvgIpc) is 3.27. The molecule has 250 valence electrons. The van der Waals surface area contributed by atoms with Crippen LogP contribution in [-0.2, 0) is 14.3 Å². The van der Waals surface area contributed by atoms with Gasteiger partial charge in [0.1, 0.15) is 11.4 Å². The van der Waals surface area contributed by atoms with Crippen LogP contribution in [0.3, 0.4) is 0 Å². The maximum Gasteiger partial charge on any atom is 0.253 e. The van der Waals surface area contributed by atoms with Crippen molar-refractivity contribution >= 4 is 41.4 Å². The zero-order valence-corrected chi connectivity index (χ0v) is 28.2. The van der Waals surface area contributed by atoms with Crippen LogP contribution >= 0.6 is 11.9 Å². The van der Waals surface area contributed by atoms with Crippen molar-refractivity contribution in [3.63, 3.8) is 0 Å². The lowest BCUT2D eigenvalue weighted by atomic mass is 9.79. The Labute approximate surface area is 271 Å². The van der Waals surface area contributed by atoms with Crippen LogP contribution in [0.5, 0.6) is 0 Å². The van der Waals surface area contributed by atoms with Gasteiger partial charge in [0.05, 0.1) is 13.2 Å². The lowest BCUT2D eigenvalue weighted by molar-refractivity contribution is -0.125. The fraction of sp³-hybridized carbons (Fsp3) is 0.676. The molecule has 0 unspecified atom stereocenters. The van der Waals surface area contributed by atoms with Crippen molar-refractivity contribution in [2.45, 2.75) is 97.9 Å². The Morgan fingerprint density at radius 3 is 2.34 bits per heavy atom. The summed E-state index contributed by atoms with van der Waals surface area (Å²) < 4.78 is 7.76. The van der Waals surface area contributed by atoms with E-state index >= 15 is 0 Å². The predicted octanol–water partition coefficient (Wildman–Crippen LogP) is 5.51. The molecule has 3 heterocycles. The van der Waals surface area contributed by atoms with E-state index in [0.717, 1.165) is 67.3 Å². The van der Waals surface area contributed by atoms with E-state index in [-0.39, 0.29) is 31.0 Å². The van der Waals surface area contributed by atoms with Crippen LogP contribution in [0.15, 0.2) is 22.5 Å². The molecule has 0 radical (unpaired) electrons. The van der Waals surface area contributed by atoms with Gasteiger partial charge in [0.25, 0.3) is 5.91 Å². The summed E-state index contributed by atoms with van der Waals surface area (Å²) in [7, 11) is 0. The number of aryl methyl sites for hydroxylation is 2. The van der Waals surface area contributed by atoms with Crippen molar-refractivity contribution in [3.05, 3.63) is 34.2 Å². The van der Waals surface area contributed by atoms with Crippen LogP contribution in [0.2, 0.25) is 0 Å². The first kappa shape index (κ1) is 36.2. The summed E-state index contributed by atoms with van der Waals surface area (Å²) in [6.45, 7) is 14.1. The van der Waals surface area contributed by atoms with Gasteiger partial charge in [-0.1, -0.05) is 45.1 Å². The molecule has 1 aromatic carbocycles. The number of unbranched alkanes of at least 4 members (excludes halogenated alkanes) is 1. The number of amides is 2. The quantitative estimate of drug-likeness (QED) is 0.338. The molecular formula is C34H58N4O5S. The average molecular weight is 635 g/mol. The van der Waals surface area contributed by atoms with Crippen LogP contribution < -0.4 is 10.2 Å². The van der Waals surface area contributed by atoms with Crippen LogP contribution in [-0.4, -0.2) is 71.3 Å². The van der Waals surface area contributed by atoms with Crippen molar-refractivity contribution < 1.29 is 28.1 Å². The fourth-order valence-corrected chi connectivity index (χ4v) is 7.88. The highest BCUT2D eigenvalue weighted by Crippen LogP contribution is 2.38. The first-order valence-electron chi connectivity index (χ1n) is 16.1. The van der Waals surface area contributed by atoms with Gasteiger partial charge in [0.2, 0.25) is 5.91 Å². The minimum Gasteiger partial charge on any atom is -0.412 e. The van der Waals surface area contributed by atoms with Gasteiger partial charge < -0.3 is 25.9 Å². The van der Waals surface area contributed by atoms with E-state index in [1.165, 1.54) is 37.7 Å². The number of hydrogen-bond acceptors (Lipinski definition) is 6. The maximum absolute atomic E-state index is 13.1. The highest BCUT2D eigenvalue weighted by atomic mass is 32.2. The third kappa shape index (κ3) is 8.12. The molecule has 1 aromatic rings. The Hall–Kier alpha value is -2.24. The molecule has 10 heteroatoms. The van der Waals surface area contributed by atoms with Gasteiger partial charge >= 0.3 is 0 Å². The van der Waals surface area contributed by atoms with Crippen LogP contribution in [0, 0.1) is 31.1 Å². The van der Waals surface area contributed by atoms with Crippen molar-refractivity contribution in [2.75, 3.05) is 37.7 Å². The second-order valence-corrected chi connectivity index (χ2v) is 14.6. The van der Waals surface area contributed by atoms with Gasteiger partial charge in [-0.25, -0.2) is 4.31 Å². The lowest BCUT2D eigenvalue weighted by Gasteiger charge is -2.41. The molecule has 1 aliphatic carbocycles. The number of amidine groups is 1. The van der Waals surface area contributed by atoms with Gasteiger partial charge in [0, 0.05) is 46.4 Å². The zero-order valence-electron chi connectivity index (χ0n) is 27.3. The number of anilines is 1. The molecule has 5 N–H and O–H groups in total. The highest BCUT2D eigenvalue weighted by Gasteiger charge is 2.47. The maximum atomic E-state index is 13.1. The first-order chi connectivity index (χ1) is 20.1. The largest absolute Gasteiger partial charge is 0.412 e. The molecule has 2 amide bonds. The number of carbonyl (C=O) groups is 2. The minimum atomic E-state index is -0.566. The molecule has 3 aliphatic heterocycles. The van der Waals surface area contributed by atoms with E-state index < -0.39 is 5.54 Å². The third-order valence-electron chi connectivity index (χ3n) is 9.90. The number of rotatable bonds is 10. The molecular weight excluding hydrogens is 576 g/mol. The molecule has 3 fully saturated rings. The summed E-state index contributed by atoms with van der Waals surface area (Å²) in [5, 5.41) is 5.37. The lowest BCUT2D eigenvalue weighted by Crippen LogP contribution is -2.50. The van der Waals surface area contributed by atoms with Crippen molar-refractivity contribution in [2.24, 2.45) is 22.2 Å². The number of ether oxygens (including phenoxy) is 1. The van der Waals surface area contributed by atoms with Crippen molar-refractivity contribution in [3.8, 4) is 0 Å². The van der Waals surface area contributed by atoms with Gasteiger partial charge in [0.15, 0.2) is 0 Å². The van der Waals surface area contributed by atoms with E-state index in [1.807, 2.05) is 4.90 Å². The predicted molar refractivity (Wildman–Crippen MR) is 185 cm³/mol. The van der Waals surface area contributed by atoms with Crippen LogP contribution in [0.25, 0.3) is 6.08 Å². The Morgan fingerprint density at radius 2 is 1.80 bits per heavy atom. The molecule has 9 nitrogen and oxygen atoms in total. The number of nitrogens with one attached hydrogen (secondary N) is 1. The summed E-state index contributed by atoms with van der Waals surface area (Å²) in [5.74, 6) is 2.44. The summed E-state index contributed by atoms with van der Waals surface area (Å²) in [4.78, 5) is 32.6. The molecule has 1 saturated carbocycles. The van der Waals surface area contributed by atoms with Crippen LogP contribution in [0.1, 0.15) is 98.1 Å². The summed E-state index contributed by atoms with van der Waals surface area (Å²) in [5.41, 5.74) is 3.92. The molecule has 0 aromatic heterocycles. The fourth-order valence-electron chi connectivity index (χ4n) is 7.12. The molecule has 0 atom stereocenters. The summed E-state index contributed by atoms with van der Waals surface area (Å²) in [6, 6.07) is 4.25. The topological polar surface area (TPSA) is 137 Å². The second kappa shape index (κ2) is 15.4. The Kier molecular flexibility index (Phi) is 12.7. The summed E-state index contributed by atoms with van der Waals surface area (Å²) in [6.07, 6.45) is 12.6. The zero-order chi connectivity index (χ0) is 29.9. The highest BCUT2D eigenvalue weighted by molar-refractivity contribution is 8.00. The number of hydrogen-bond donors (Lipinski definition) is 1. The van der Waals surface area contributed by atoms with Gasteiger partial charge in [-0.15, -0.1) is 0 Å². The van der Waals surface area contributed by atoms with Gasteiger partial charge in [-0.2, -0.15) is 0 Å². The standard InChI is InChI=1S/C34H50N4O3S.2H2O.2H2/c1-6-7-8-27-9-11-28(12-10-27)31-35-32(40)34(36-31)14-16-37(17-15-34)42-18-13-30-24(2)19-29(20-25(30)3)38(26(4)39)21-33(5)22-41-23-33;;;;/h13,18-20,27-28H,6-12,14-17,21-23H2,1-5H3,(H,35,36,40);2*1H2;2*1H/b18-13+;;;;. The molecule has 0 bridgehead atoms. The third-order valence-corrected chi connectivity index (χ3v) is 10.8. The van der Waals surface area contributed by atoms with E-state index in [0.29, 0.717) is 25.7 Å². The molecule has 2 saturated heterocycles. The van der Waals surface area contributed by atoms with Crippen molar-refractivity contribution in [1.29, 1.82) is 0 Å². The number of carbonyl (C=O) groups excluding carboxylic acids is 2. The Morgan fingerprint density at radius 1 is 1.16 bits per heavy atom. The Balaban J connectivity index is 0.00000264. The number of benzene rings is 1. The van der Waals surface area contributed by atoms with E-state index in [4.69, 9.17) is 9.73 Å². The molecule has 4 aliphatic rings. The Bertz CT molecular complexity index is 1200. The number of aliphatic imine (C=N–C) groups is 1. The van der Waals surface area contributed by atoms with Gasteiger partial charge in [-0.3, -0.25) is 14.6 Å². The van der Waals surface area contributed by atoms with E-state index in [9.17, 15) is 9.59 Å². The SMILES string of the molecule is CCCCC1CCC(C2=NC3(CCN(S/C=C/c4c(C)cc(N(CC5(C)COC5)C(C)=O)cc4C)CC3)C(=O)N2)CC1.O.O.[HH].[HH]. The van der Waals surface area contributed by atoms with Crippen molar-refractivity contribution in [1.82, 2.24) is 9.62 Å². The van der Waals surface area contributed by atoms with Gasteiger partial charge in [-0.05, 0) is 98.6 Å². The smallest absolute Gasteiger partial charge is 0.253 e. The van der Waals surface area contributed by atoms with Crippen LogP contribution in [0.4, 0.5) is 5.69 Å². The monoisotopic (exact) mass is 634 g/mol. The van der Waals surface area contributed by atoms with E-state index in [2.05, 4.69) is 60.9 Å². The van der Waals surface area contributed by atoms with E-state index in [1.54, 1.807) is 18.9 Å². The minimum absolute atomic E-state index is 0. The molecule has 5 rings (SSSR count). The number of piperidine rings is 1.